The van der Waals surface area contributed by atoms with Crippen LogP contribution in [0.1, 0.15) is 36.6 Å². The van der Waals surface area contributed by atoms with E-state index in [1.54, 1.807) is 27.2 Å². The second kappa shape index (κ2) is 13.5. The average molecular weight is 570 g/mol. The van der Waals surface area contributed by atoms with E-state index in [1.807, 2.05) is 71.3 Å². The molecule has 5 aromatic rings. The molecule has 3 aromatic heterocycles. The number of carbonyl (C=O) groups is 1. The summed E-state index contributed by atoms with van der Waals surface area (Å²) in [5.41, 5.74) is 4.08. The van der Waals surface area contributed by atoms with Gasteiger partial charge in [0.15, 0.2) is 5.65 Å². The number of fused-ring (bicyclic) bond motifs is 1. The van der Waals surface area contributed by atoms with Crippen LogP contribution in [0.5, 0.6) is 5.88 Å². The van der Waals surface area contributed by atoms with Crippen LogP contribution >= 0.6 is 0 Å². The van der Waals surface area contributed by atoms with Crippen molar-refractivity contribution in [3.8, 4) is 17.1 Å². The smallest absolute Gasteiger partial charge is 0.316 e. The van der Waals surface area contributed by atoms with Gasteiger partial charge in [-0.3, -0.25) is 9.20 Å². The molecule has 0 aliphatic carbocycles. The van der Waals surface area contributed by atoms with Crippen molar-refractivity contribution in [1.82, 2.24) is 14.4 Å². The fraction of sp³-hybridized carbons (Fsp3) is 0.303. The third-order valence-electron chi connectivity index (χ3n) is 6.74. The van der Waals surface area contributed by atoms with E-state index in [1.165, 1.54) is 0 Å². The van der Waals surface area contributed by atoms with E-state index >= 15 is 0 Å². The van der Waals surface area contributed by atoms with Crippen molar-refractivity contribution in [2.45, 2.75) is 26.7 Å². The summed E-state index contributed by atoms with van der Waals surface area (Å²) in [5.74, 6) is 0.755. The maximum atomic E-state index is 12.9. The zero-order chi connectivity index (χ0) is 29.4. The lowest BCUT2D eigenvalue weighted by molar-refractivity contribution is -0.164. The average Bonchev–Trinajstić information content (AvgIpc) is 3.64. The quantitative estimate of drug-likeness (QED) is 0.0949. The summed E-state index contributed by atoms with van der Waals surface area (Å²) in [4.78, 5) is 22.9. The summed E-state index contributed by atoms with van der Waals surface area (Å²) < 4.78 is 29.8. The highest BCUT2D eigenvalue weighted by molar-refractivity contribution is 5.76. The lowest BCUT2D eigenvalue weighted by Gasteiger charge is -2.22. The van der Waals surface area contributed by atoms with Crippen molar-refractivity contribution in [3.63, 3.8) is 0 Å². The number of ether oxygens (including phenoxy) is 4. The molecule has 0 aliphatic heterocycles. The molecule has 2 aromatic carbocycles. The van der Waals surface area contributed by atoms with Crippen molar-refractivity contribution < 1.29 is 28.2 Å². The van der Waals surface area contributed by atoms with Crippen LogP contribution in [0, 0.1) is 5.41 Å². The first-order valence-electron chi connectivity index (χ1n) is 13.8. The largest absolute Gasteiger partial charge is 0.469 e. The Morgan fingerprint density at radius 2 is 1.67 bits per heavy atom. The second-order valence-electron chi connectivity index (χ2n) is 10.5. The fourth-order valence-electron chi connectivity index (χ4n) is 4.50. The summed E-state index contributed by atoms with van der Waals surface area (Å²) in [6.45, 7) is 4.29. The van der Waals surface area contributed by atoms with E-state index in [-0.39, 0.29) is 13.4 Å². The lowest BCUT2D eigenvalue weighted by Crippen LogP contribution is -2.33. The van der Waals surface area contributed by atoms with E-state index < -0.39 is 11.4 Å². The highest BCUT2D eigenvalue weighted by Crippen LogP contribution is 2.29. The molecule has 0 aliphatic rings. The Bertz CT molecular complexity index is 1580. The molecule has 9 nitrogen and oxygen atoms in total. The van der Waals surface area contributed by atoms with Gasteiger partial charge in [-0.05, 0) is 31.5 Å². The molecule has 0 atom stereocenters. The summed E-state index contributed by atoms with van der Waals surface area (Å²) in [5, 5.41) is 0. The van der Waals surface area contributed by atoms with Crippen LogP contribution in [0.4, 0.5) is 0 Å². The molecule has 0 unspecified atom stereocenters. The van der Waals surface area contributed by atoms with E-state index in [0.29, 0.717) is 43.3 Å². The molecule has 5 rings (SSSR count). The Balaban J connectivity index is 1.48. The summed E-state index contributed by atoms with van der Waals surface area (Å²) in [7, 11) is 1.60. The van der Waals surface area contributed by atoms with Crippen molar-refractivity contribution in [3.05, 3.63) is 108 Å². The van der Waals surface area contributed by atoms with Gasteiger partial charge in [-0.1, -0.05) is 60.7 Å². The van der Waals surface area contributed by atoms with Gasteiger partial charge < -0.3 is 23.4 Å². The van der Waals surface area contributed by atoms with Crippen molar-refractivity contribution in [2.75, 3.05) is 33.7 Å². The molecule has 42 heavy (non-hydrogen) atoms. The molecule has 3 heterocycles. The van der Waals surface area contributed by atoms with Gasteiger partial charge in [0.25, 0.3) is 0 Å². The number of rotatable bonds is 14. The number of esters is 1. The number of benzene rings is 2. The van der Waals surface area contributed by atoms with E-state index in [0.717, 1.165) is 28.3 Å². The minimum absolute atomic E-state index is 0.198. The molecule has 218 valence electrons. The van der Waals surface area contributed by atoms with Gasteiger partial charge in [-0.25, -0.2) is 9.97 Å². The van der Waals surface area contributed by atoms with Crippen LogP contribution in [-0.2, 0) is 31.8 Å². The maximum absolute atomic E-state index is 12.9. The van der Waals surface area contributed by atoms with Crippen molar-refractivity contribution in [2.24, 2.45) is 5.41 Å². The highest BCUT2D eigenvalue weighted by atomic mass is 16.7. The molecule has 0 N–H and O–H groups in total. The third-order valence-corrected chi connectivity index (χ3v) is 6.74. The maximum Gasteiger partial charge on any atom is 0.316 e. The minimum Gasteiger partial charge on any atom is -0.469 e. The van der Waals surface area contributed by atoms with Crippen molar-refractivity contribution in [1.29, 1.82) is 0 Å². The number of hydrogen-bond acceptors (Lipinski definition) is 8. The number of furan rings is 1. The Morgan fingerprint density at radius 3 is 2.38 bits per heavy atom. The normalized spacial score (nSPS) is 11.6. The first kappa shape index (κ1) is 29.0. The fourth-order valence-corrected chi connectivity index (χ4v) is 4.50. The summed E-state index contributed by atoms with van der Waals surface area (Å²) >= 11 is 0. The molecular weight excluding hydrogens is 534 g/mol. The number of aromatic nitrogens is 3. The third kappa shape index (κ3) is 7.05. The number of nitrogens with zero attached hydrogens (tertiary/aromatic N) is 3. The molecule has 9 heteroatoms. The van der Waals surface area contributed by atoms with Gasteiger partial charge in [-0.2, -0.15) is 0 Å². The predicted molar refractivity (Wildman–Crippen MR) is 157 cm³/mol. The van der Waals surface area contributed by atoms with E-state index in [9.17, 15) is 4.79 Å². The topological polar surface area (TPSA) is 97.3 Å². The van der Waals surface area contributed by atoms with E-state index in [4.69, 9.17) is 33.3 Å². The number of imidazole rings is 1. The highest BCUT2D eigenvalue weighted by Gasteiger charge is 2.30. The molecule has 0 radical (unpaired) electrons. The number of carbonyl (C=O) groups excluding carboxylic acids is 1. The molecule has 0 spiro atoms. The molecule has 0 saturated heterocycles. The van der Waals surface area contributed by atoms with Gasteiger partial charge in [0.05, 0.1) is 49.3 Å². The van der Waals surface area contributed by atoms with Gasteiger partial charge in [0, 0.05) is 25.3 Å². The Hall–Kier alpha value is -4.47. The molecule has 0 fully saturated rings. The van der Waals surface area contributed by atoms with E-state index in [2.05, 4.69) is 12.1 Å². The number of hydrogen-bond donors (Lipinski definition) is 0. The van der Waals surface area contributed by atoms with Crippen LogP contribution in [0.15, 0.2) is 89.7 Å². The van der Waals surface area contributed by atoms with Crippen LogP contribution in [0.25, 0.3) is 16.9 Å². The first-order valence-corrected chi connectivity index (χ1v) is 13.8. The van der Waals surface area contributed by atoms with Crippen molar-refractivity contribution >= 4 is 11.6 Å². The predicted octanol–water partition coefficient (Wildman–Crippen LogP) is 5.74. The molecule has 0 amide bonds. The van der Waals surface area contributed by atoms with Crippen LogP contribution in [0.3, 0.4) is 0 Å². The Morgan fingerprint density at radius 1 is 0.905 bits per heavy atom. The first-order chi connectivity index (χ1) is 20.4. The standard InChI is InChI=1S/C33H35N3O6/c1-33(2,22-39-18-17-38-3)32(37)42-23-41-31-28(20-26-15-10-16-40-26)35-30-27(19-24-11-6-4-7-12-24)34-29(21-36(30)31)25-13-8-5-9-14-25/h4-16,21H,17-20,22-23H2,1-3H3. The molecule has 0 bridgehead atoms. The summed E-state index contributed by atoms with van der Waals surface area (Å²) in [6.07, 6.45) is 4.50. The number of methoxy groups -OCH3 is 1. The van der Waals surface area contributed by atoms with Crippen LogP contribution in [0.2, 0.25) is 0 Å². The molecular formula is C33H35N3O6. The monoisotopic (exact) mass is 569 g/mol. The van der Waals surface area contributed by atoms with Gasteiger partial charge >= 0.3 is 5.97 Å². The summed E-state index contributed by atoms with van der Waals surface area (Å²) in [6, 6.07) is 23.8. The van der Waals surface area contributed by atoms with Gasteiger partial charge in [0.1, 0.15) is 11.5 Å². The molecule has 0 saturated carbocycles. The minimum atomic E-state index is -0.860. The Kier molecular flexibility index (Phi) is 9.31. The van der Waals surface area contributed by atoms with Crippen LogP contribution in [-0.4, -0.2) is 54.1 Å². The van der Waals surface area contributed by atoms with Gasteiger partial charge in [0.2, 0.25) is 12.7 Å². The second-order valence-corrected chi connectivity index (χ2v) is 10.5. The zero-order valence-electron chi connectivity index (χ0n) is 24.1. The van der Waals surface area contributed by atoms with Crippen LogP contribution < -0.4 is 4.74 Å². The lowest BCUT2D eigenvalue weighted by atomic mass is 9.95. The Labute approximate surface area is 245 Å². The zero-order valence-corrected chi connectivity index (χ0v) is 24.1. The van der Waals surface area contributed by atoms with Gasteiger partial charge in [-0.15, -0.1) is 0 Å². The SMILES string of the molecule is COCCOCC(C)(C)C(=O)OCOc1c(Cc2ccco2)nc2c(Cc3ccccc3)nc(-c3ccccc3)cn12.